The molecule has 0 spiro atoms. The van der Waals surface area contributed by atoms with Crippen molar-refractivity contribution in [2.75, 3.05) is 19.0 Å². The smallest absolute Gasteiger partial charge is 0.135 e. The SMILES string of the molecule is CN(C)c1ncnc(C2CC2)c1C(C)(C)C. The summed E-state index contributed by atoms with van der Waals surface area (Å²) in [6.45, 7) is 6.72. The summed E-state index contributed by atoms with van der Waals surface area (Å²) in [5.41, 5.74) is 2.70. The van der Waals surface area contributed by atoms with Gasteiger partial charge >= 0.3 is 0 Å². The van der Waals surface area contributed by atoms with E-state index >= 15 is 0 Å². The van der Waals surface area contributed by atoms with Crippen LogP contribution in [0.25, 0.3) is 0 Å². The molecule has 3 nitrogen and oxygen atoms in total. The van der Waals surface area contributed by atoms with Crippen molar-refractivity contribution in [1.29, 1.82) is 0 Å². The number of rotatable bonds is 2. The summed E-state index contributed by atoms with van der Waals surface area (Å²) in [5.74, 6) is 1.75. The summed E-state index contributed by atoms with van der Waals surface area (Å²) in [4.78, 5) is 11.0. The minimum atomic E-state index is 0.110. The van der Waals surface area contributed by atoms with Gasteiger partial charge in [0.2, 0.25) is 0 Å². The van der Waals surface area contributed by atoms with Gasteiger partial charge in [-0.25, -0.2) is 9.97 Å². The van der Waals surface area contributed by atoms with Crippen molar-refractivity contribution in [1.82, 2.24) is 9.97 Å². The standard InChI is InChI=1S/C13H21N3/c1-13(2,3)10-11(9-6-7-9)14-8-15-12(10)16(4)5/h8-9H,6-7H2,1-5H3. The van der Waals surface area contributed by atoms with Crippen LogP contribution in [0.4, 0.5) is 5.82 Å². The molecule has 0 atom stereocenters. The second-order valence-corrected chi connectivity index (χ2v) is 5.88. The topological polar surface area (TPSA) is 29.0 Å². The molecule has 0 unspecified atom stereocenters. The molecule has 16 heavy (non-hydrogen) atoms. The third kappa shape index (κ3) is 2.04. The lowest BCUT2D eigenvalue weighted by Crippen LogP contribution is -2.23. The average molecular weight is 219 g/mol. The zero-order valence-corrected chi connectivity index (χ0v) is 10.9. The molecule has 1 fully saturated rings. The van der Waals surface area contributed by atoms with Crippen LogP contribution in [0.5, 0.6) is 0 Å². The summed E-state index contributed by atoms with van der Waals surface area (Å²) in [5, 5.41) is 0. The molecular weight excluding hydrogens is 198 g/mol. The van der Waals surface area contributed by atoms with Gasteiger partial charge in [-0.2, -0.15) is 0 Å². The third-order valence-corrected chi connectivity index (χ3v) is 2.99. The fraction of sp³-hybridized carbons (Fsp3) is 0.692. The Balaban J connectivity index is 2.57. The molecule has 88 valence electrons. The minimum Gasteiger partial charge on any atom is -0.362 e. The van der Waals surface area contributed by atoms with Crippen molar-refractivity contribution in [2.45, 2.75) is 44.9 Å². The normalized spacial score (nSPS) is 16.3. The summed E-state index contributed by atoms with van der Waals surface area (Å²) in [7, 11) is 4.10. The molecule has 1 heterocycles. The van der Waals surface area contributed by atoms with E-state index in [1.807, 2.05) is 14.1 Å². The molecule has 0 saturated heterocycles. The van der Waals surface area contributed by atoms with Crippen LogP contribution in [0.15, 0.2) is 6.33 Å². The van der Waals surface area contributed by atoms with E-state index in [1.165, 1.54) is 24.1 Å². The molecule has 0 amide bonds. The van der Waals surface area contributed by atoms with Crippen molar-refractivity contribution in [3.63, 3.8) is 0 Å². The highest BCUT2D eigenvalue weighted by Crippen LogP contribution is 2.45. The van der Waals surface area contributed by atoms with Crippen LogP contribution in [0.3, 0.4) is 0 Å². The monoisotopic (exact) mass is 219 g/mol. The van der Waals surface area contributed by atoms with Gasteiger partial charge in [0, 0.05) is 25.6 Å². The Hall–Kier alpha value is -1.12. The Kier molecular flexibility index (Phi) is 2.64. The first-order valence-electron chi connectivity index (χ1n) is 5.94. The zero-order chi connectivity index (χ0) is 11.9. The first kappa shape index (κ1) is 11.4. The molecule has 1 aliphatic rings. The highest BCUT2D eigenvalue weighted by atomic mass is 15.1. The van der Waals surface area contributed by atoms with E-state index in [0.29, 0.717) is 5.92 Å². The Morgan fingerprint density at radius 1 is 1.19 bits per heavy atom. The Labute approximate surface area is 97.9 Å². The molecule has 1 aromatic heterocycles. The molecule has 2 rings (SSSR count). The Bertz CT molecular complexity index is 366. The van der Waals surface area contributed by atoms with Crippen LogP contribution in [0.2, 0.25) is 0 Å². The van der Waals surface area contributed by atoms with Gasteiger partial charge in [-0.3, -0.25) is 0 Å². The van der Waals surface area contributed by atoms with Gasteiger partial charge in [-0.05, 0) is 18.3 Å². The quantitative estimate of drug-likeness (QED) is 0.766. The maximum absolute atomic E-state index is 4.51. The van der Waals surface area contributed by atoms with Gasteiger partial charge < -0.3 is 4.90 Å². The summed E-state index contributed by atoms with van der Waals surface area (Å²) in [6.07, 6.45) is 4.28. The van der Waals surface area contributed by atoms with Crippen LogP contribution in [-0.2, 0) is 5.41 Å². The fourth-order valence-corrected chi connectivity index (χ4v) is 2.11. The molecule has 0 aromatic carbocycles. The maximum atomic E-state index is 4.51. The predicted molar refractivity (Wildman–Crippen MR) is 67.0 cm³/mol. The molecule has 0 bridgehead atoms. The van der Waals surface area contributed by atoms with Crippen molar-refractivity contribution < 1.29 is 0 Å². The summed E-state index contributed by atoms with van der Waals surface area (Å²) >= 11 is 0. The molecule has 0 N–H and O–H groups in total. The lowest BCUT2D eigenvalue weighted by molar-refractivity contribution is 0.573. The number of anilines is 1. The number of nitrogens with zero attached hydrogens (tertiary/aromatic N) is 3. The molecule has 0 radical (unpaired) electrons. The van der Waals surface area contributed by atoms with E-state index in [0.717, 1.165) is 5.82 Å². The van der Waals surface area contributed by atoms with E-state index in [-0.39, 0.29) is 5.41 Å². The van der Waals surface area contributed by atoms with Gasteiger partial charge in [0.05, 0.1) is 5.69 Å². The Morgan fingerprint density at radius 3 is 2.25 bits per heavy atom. The largest absolute Gasteiger partial charge is 0.362 e. The van der Waals surface area contributed by atoms with Crippen LogP contribution in [0, 0.1) is 0 Å². The summed E-state index contributed by atoms with van der Waals surface area (Å²) in [6, 6.07) is 0. The molecule has 1 aliphatic carbocycles. The van der Waals surface area contributed by atoms with E-state index in [1.54, 1.807) is 6.33 Å². The van der Waals surface area contributed by atoms with Crippen LogP contribution in [-0.4, -0.2) is 24.1 Å². The first-order chi connectivity index (χ1) is 7.41. The molecule has 1 saturated carbocycles. The molecule has 3 heteroatoms. The highest BCUT2D eigenvalue weighted by molar-refractivity contribution is 5.52. The van der Waals surface area contributed by atoms with E-state index in [9.17, 15) is 0 Å². The minimum absolute atomic E-state index is 0.110. The number of hydrogen-bond donors (Lipinski definition) is 0. The number of hydrogen-bond acceptors (Lipinski definition) is 3. The van der Waals surface area contributed by atoms with Gasteiger partial charge in [0.15, 0.2) is 0 Å². The van der Waals surface area contributed by atoms with Crippen LogP contribution in [0.1, 0.15) is 50.8 Å². The van der Waals surface area contributed by atoms with Gasteiger partial charge in [0.1, 0.15) is 12.1 Å². The van der Waals surface area contributed by atoms with Crippen LogP contribution < -0.4 is 4.90 Å². The Morgan fingerprint density at radius 2 is 1.81 bits per heavy atom. The fourth-order valence-electron chi connectivity index (χ4n) is 2.11. The third-order valence-electron chi connectivity index (χ3n) is 2.99. The van der Waals surface area contributed by atoms with Crippen molar-refractivity contribution in [3.8, 4) is 0 Å². The highest BCUT2D eigenvalue weighted by Gasteiger charge is 2.33. The molecule has 0 aliphatic heterocycles. The number of aromatic nitrogens is 2. The van der Waals surface area contributed by atoms with Gasteiger partial charge in [-0.1, -0.05) is 20.8 Å². The maximum Gasteiger partial charge on any atom is 0.135 e. The predicted octanol–water partition coefficient (Wildman–Crippen LogP) is 2.72. The van der Waals surface area contributed by atoms with E-state index in [4.69, 9.17) is 0 Å². The zero-order valence-electron chi connectivity index (χ0n) is 10.9. The average Bonchev–Trinajstić information content (AvgIpc) is 2.98. The van der Waals surface area contributed by atoms with E-state index < -0.39 is 0 Å². The molecule has 1 aromatic rings. The van der Waals surface area contributed by atoms with Crippen LogP contribution >= 0.6 is 0 Å². The van der Waals surface area contributed by atoms with Crippen molar-refractivity contribution >= 4 is 5.82 Å². The van der Waals surface area contributed by atoms with Gasteiger partial charge in [0.25, 0.3) is 0 Å². The van der Waals surface area contributed by atoms with Crippen molar-refractivity contribution in [2.24, 2.45) is 0 Å². The second-order valence-electron chi connectivity index (χ2n) is 5.88. The van der Waals surface area contributed by atoms with Crippen molar-refractivity contribution in [3.05, 3.63) is 17.6 Å². The summed E-state index contributed by atoms with van der Waals surface area (Å²) < 4.78 is 0. The van der Waals surface area contributed by atoms with E-state index in [2.05, 4.69) is 35.6 Å². The van der Waals surface area contributed by atoms with Gasteiger partial charge in [-0.15, -0.1) is 0 Å². The second kappa shape index (κ2) is 3.72. The molecular formula is C13H21N3. The first-order valence-corrected chi connectivity index (χ1v) is 5.94. The lowest BCUT2D eigenvalue weighted by Gasteiger charge is -2.27. The lowest BCUT2D eigenvalue weighted by atomic mass is 9.84.